The summed E-state index contributed by atoms with van der Waals surface area (Å²) in [4.78, 5) is 2.61. The van der Waals surface area contributed by atoms with Gasteiger partial charge in [-0.1, -0.05) is 11.6 Å². The first-order valence-corrected chi connectivity index (χ1v) is 4.05. The second kappa shape index (κ2) is 4.32. The third-order valence-electron chi connectivity index (χ3n) is 1.44. The summed E-state index contributed by atoms with van der Waals surface area (Å²) >= 11 is 4.70. The molecule has 0 aliphatic carbocycles. The quantitative estimate of drug-likeness (QED) is 0.412. The van der Waals surface area contributed by atoms with Crippen LogP contribution >= 0.6 is 11.6 Å². The second-order valence-electron chi connectivity index (χ2n) is 2.62. The molecule has 1 aromatic rings. The van der Waals surface area contributed by atoms with Crippen molar-refractivity contribution in [3.8, 4) is 0 Å². The van der Waals surface area contributed by atoms with Gasteiger partial charge in [-0.25, -0.2) is 18.2 Å². The third kappa shape index (κ3) is 2.88. The fourth-order valence-electron chi connectivity index (χ4n) is 0.767. The molecular formula is C8H2ClF6N. The number of nitrogens with zero attached hydrogens (tertiary/aromatic N) is 1. The van der Waals surface area contributed by atoms with Crippen molar-refractivity contribution in [2.24, 2.45) is 4.99 Å². The van der Waals surface area contributed by atoms with E-state index in [1.807, 2.05) is 0 Å². The molecule has 0 aliphatic rings. The number of hydrogen-bond donors (Lipinski definition) is 0. The van der Waals surface area contributed by atoms with Gasteiger partial charge in [0.2, 0.25) is 5.17 Å². The highest BCUT2D eigenvalue weighted by atomic mass is 35.5. The van der Waals surface area contributed by atoms with Gasteiger partial charge in [0.25, 0.3) is 0 Å². The van der Waals surface area contributed by atoms with Crippen molar-refractivity contribution in [1.82, 2.24) is 0 Å². The van der Waals surface area contributed by atoms with Crippen LogP contribution in [0.15, 0.2) is 17.1 Å². The highest BCUT2D eigenvalue weighted by Gasteiger charge is 2.34. The first kappa shape index (κ1) is 12.8. The average Bonchev–Trinajstić information content (AvgIpc) is 2.12. The van der Waals surface area contributed by atoms with Gasteiger partial charge in [0, 0.05) is 12.1 Å². The van der Waals surface area contributed by atoms with E-state index in [4.69, 9.17) is 11.6 Å². The number of halogens is 7. The molecule has 0 aromatic heterocycles. The van der Waals surface area contributed by atoms with Crippen LogP contribution < -0.4 is 0 Å². The molecule has 0 radical (unpaired) electrons. The minimum Gasteiger partial charge on any atom is -0.229 e. The van der Waals surface area contributed by atoms with Gasteiger partial charge < -0.3 is 0 Å². The Bertz CT molecular complexity index is 439. The Morgan fingerprint density at radius 3 is 2.00 bits per heavy atom. The van der Waals surface area contributed by atoms with Crippen LogP contribution in [0.25, 0.3) is 0 Å². The molecule has 8 heteroatoms. The molecule has 0 saturated heterocycles. The average molecular weight is 262 g/mol. The van der Waals surface area contributed by atoms with E-state index in [-0.39, 0.29) is 12.1 Å². The molecule has 0 saturated carbocycles. The first-order valence-electron chi connectivity index (χ1n) is 3.67. The highest BCUT2D eigenvalue weighted by molar-refractivity contribution is 6.67. The van der Waals surface area contributed by atoms with Crippen molar-refractivity contribution >= 4 is 22.5 Å². The van der Waals surface area contributed by atoms with Crippen molar-refractivity contribution < 1.29 is 26.3 Å². The Balaban J connectivity index is 3.21. The Morgan fingerprint density at radius 1 is 1.00 bits per heavy atom. The predicted molar refractivity (Wildman–Crippen MR) is 45.3 cm³/mol. The number of benzene rings is 1. The lowest BCUT2D eigenvalue weighted by Crippen LogP contribution is -2.16. The molecule has 16 heavy (non-hydrogen) atoms. The molecule has 0 N–H and O–H groups in total. The van der Waals surface area contributed by atoms with Gasteiger partial charge >= 0.3 is 6.18 Å². The zero-order chi connectivity index (χ0) is 12.5. The van der Waals surface area contributed by atoms with Crippen LogP contribution in [0.3, 0.4) is 0 Å². The molecule has 0 atom stereocenters. The lowest BCUT2D eigenvalue weighted by molar-refractivity contribution is -0.0558. The Labute approximate surface area is 90.4 Å². The van der Waals surface area contributed by atoms with Gasteiger partial charge in [-0.3, -0.25) is 0 Å². The predicted octanol–water partition coefficient (Wildman–Crippen LogP) is 3.94. The Kier molecular flexibility index (Phi) is 3.47. The maximum atomic E-state index is 12.8. The molecule has 0 bridgehead atoms. The zero-order valence-corrected chi connectivity index (χ0v) is 8.00. The molecular weight excluding hydrogens is 260 g/mol. The SMILES string of the molecule is Fc1cc(F)c(N=C(Cl)C(F)(F)F)cc1F. The second-order valence-corrected chi connectivity index (χ2v) is 2.98. The molecule has 0 fully saturated rings. The van der Waals surface area contributed by atoms with Crippen LogP contribution in [0.1, 0.15) is 0 Å². The van der Waals surface area contributed by atoms with E-state index >= 15 is 0 Å². The Morgan fingerprint density at radius 2 is 1.50 bits per heavy atom. The van der Waals surface area contributed by atoms with E-state index in [1.54, 1.807) is 0 Å². The van der Waals surface area contributed by atoms with E-state index in [0.29, 0.717) is 0 Å². The normalized spacial score (nSPS) is 13.1. The maximum Gasteiger partial charge on any atom is 0.444 e. The molecule has 0 amide bonds. The lowest BCUT2D eigenvalue weighted by Gasteiger charge is -2.04. The molecule has 88 valence electrons. The van der Waals surface area contributed by atoms with Crippen LogP contribution in [0.2, 0.25) is 0 Å². The van der Waals surface area contributed by atoms with Crippen molar-refractivity contribution in [2.45, 2.75) is 6.18 Å². The molecule has 1 aromatic carbocycles. The number of aliphatic imine (C=N–C) groups is 1. The topological polar surface area (TPSA) is 12.4 Å². The van der Waals surface area contributed by atoms with E-state index in [2.05, 4.69) is 4.99 Å². The van der Waals surface area contributed by atoms with Gasteiger partial charge in [-0.05, 0) is 0 Å². The minimum atomic E-state index is -4.97. The van der Waals surface area contributed by atoms with Crippen molar-refractivity contribution in [2.75, 3.05) is 0 Å². The molecule has 0 unspecified atom stereocenters. The maximum absolute atomic E-state index is 12.8. The molecule has 1 rings (SSSR count). The van der Waals surface area contributed by atoms with Crippen LogP contribution in [0.5, 0.6) is 0 Å². The number of alkyl halides is 3. The summed E-state index contributed by atoms with van der Waals surface area (Å²) in [5, 5.41) is -1.88. The summed E-state index contributed by atoms with van der Waals surface area (Å²) in [7, 11) is 0. The summed E-state index contributed by atoms with van der Waals surface area (Å²) in [6.07, 6.45) is -4.97. The monoisotopic (exact) mass is 261 g/mol. The van der Waals surface area contributed by atoms with Crippen LogP contribution in [-0.4, -0.2) is 11.3 Å². The third-order valence-corrected chi connectivity index (χ3v) is 1.74. The lowest BCUT2D eigenvalue weighted by atomic mass is 10.3. The van der Waals surface area contributed by atoms with Gasteiger partial charge in [0.1, 0.15) is 5.69 Å². The smallest absolute Gasteiger partial charge is 0.229 e. The minimum absolute atomic E-state index is 0.0781. The fourth-order valence-corrected chi connectivity index (χ4v) is 0.858. The van der Waals surface area contributed by atoms with E-state index in [0.717, 1.165) is 0 Å². The van der Waals surface area contributed by atoms with Crippen molar-refractivity contribution in [3.63, 3.8) is 0 Å². The standard InChI is InChI=1S/C8H2ClF6N/c9-7(8(13,14)15)16-6-2-4(11)3(10)1-5(6)12/h1-2H. The summed E-state index contributed by atoms with van der Waals surface area (Å²) in [6.45, 7) is 0. The van der Waals surface area contributed by atoms with Gasteiger partial charge in [-0.15, -0.1) is 0 Å². The number of rotatable bonds is 1. The largest absolute Gasteiger partial charge is 0.444 e. The fraction of sp³-hybridized carbons (Fsp3) is 0.125. The summed E-state index contributed by atoms with van der Waals surface area (Å²) in [5.74, 6) is -4.49. The van der Waals surface area contributed by atoms with Crippen molar-refractivity contribution in [1.29, 1.82) is 0 Å². The molecule has 0 heterocycles. The van der Waals surface area contributed by atoms with E-state index in [1.165, 1.54) is 0 Å². The summed E-state index contributed by atoms with van der Waals surface area (Å²) < 4.78 is 73.5. The van der Waals surface area contributed by atoms with Gasteiger partial charge in [-0.2, -0.15) is 13.2 Å². The summed E-state index contributed by atoms with van der Waals surface area (Å²) in [6, 6.07) is 0.257. The number of hydrogen-bond acceptors (Lipinski definition) is 1. The Hall–Kier alpha value is -1.24. The van der Waals surface area contributed by atoms with Gasteiger partial charge in [0.15, 0.2) is 17.5 Å². The van der Waals surface area contributed by atoms with E-state index in [9.17, 15) is 26.3 Å². The molecule has 0 spiro atoms. The molecule has 0 aliphatic heterocycles. The van der Waals surface area contributed by atoms with Crippen LogP contribution in [0, 0.1) is 17.5 Å². The van der Waals surface area contributed by atoms with Gasteiger partial charge in [0.05, 0.1) is 0 Å². The van der Waals surface area contributed by atoms with E-state index < -0.39 is 34.5 Å². The van der Waals surface area contributed by atoms with Crippen molar-refractivity contribution in [3.05, 3.63) is 29.6 Å². The van der Waals surface area contributed by atoms with Crippen LogP contribution in [0.4, 0.5) is 32.0 Å². The zero-order valence-electron chi connectivity index (χ0n) is 7.25. The van der Waals surface area contributed by atoms with Crippen LogP contribution in [-0.2, 0) is 0 Å². The summed E-state index contributed by atoms with van der Waals surface area (Å²) in [5.41, 5.74) is -1.03. The molecule has 1 nitrogen and oxygen atoms in total. The first-order chi connectivity index (χ1) is 7.21. The highest BCUT2D eigenvalue weighted by Crippen LogP contribution is 2.26.